The second-order valence-electron chi connectivity index (χ2n) is 20.4. The fourth-order valence-electron chi connectivity index (χ4n) is 6.77. The van der Waals surface area contributed by atoms with Gasteiger partial charge in [-0.25, -0.2) is 0 Å². The van der Waals surface area contributed by atoms with Crippen molar-refractivity contribution in [1.82, 2.24) is 4.90 Å². The number of esters is 1. The Bertz CT molecular complexity index is 1070. The molecule has 0 saturated heterocycles. The van der Waals surface area contributed by atoms with Crippen LogP contribution in [0, 0.1) is 0 Å². The largest absolute Gasteiger partial charge is 0.459 e. The standard InChI is InChI=1S/C48H89NO3.2C4H8.5C3H8/c1-6-10-12-14-16-18-20-22-24-26-28-30-32-34-36-38-42-46(52-47(50)43-39-41-45-49(5)9-4)48(51,8-3)44-40-37-35-33-31-29-27-25-23-21-19-17-15-13-11-7-2;2*1-3-4-2;5*1-3-2/h16-19,22-25,46,51H,6-15,20-21,26-45H2,1-5H3;2*3-4H,1-2H3;5*3H2,1-2H3/b18-16-,19-17-,24-22-,25-23-;2*4-3-;;;;;. The second kappa shape index (κ2) is 91.3. The van der Waals surface area contributed by atoms with E-state index in [1.54, 1.807) is 0 Å². The van der Waals surface area contributed by atoms with E-state index in [4.69, 9.17) is 4.74 Å². The lowest BCUT2D eigenvalue weighted by atomic mass is 9.84. The van der Waals surface area contributed by atoms with Crippen LogP contribution in [0.15, 0.2) is 72.9 Å². The summed E-state index contributed by atoms with van der Waals surface area (Å²) in [5, 5.41) is 11.8. The molecule has 0 heterocycles. The number of unbranched alkanes of at least 4 members (excludes halogenated alkanes) is 19. The number of carbonyl (C=O) groups excluding carboxylic acids is 1. The molecule has 4 heteroatoms. The molecular formula is C71H145NO3. The minimum atomic E-state index is -0.926. The van der Waals surface area contributed by atoms with Gasteiger partial charge in [-0.05, 0) is 151 Å². The number of hydrogen-bond acceptors (Lipinski definition) is 4. The van der Waals surface area contributed by atoms with Gasteiger partial charge < -0.3 is 14.7 Å². The molecule has 0 rings (SSSR count). The third-order valence-corrected chi connectivity index (χ3v) is 11.3. The molecular weight excluding hydrogens is 915 g/mol. The van der Waals surface area contributed by atoms with Crippen molar-refractivity contribution >= 4 is 5.97 Å². The van der Waals surface area contributed by atoms with Crippen LogP contribution in [0.4, 0.5) is 0 Å². The normalized spacial score (nSPS) is 12.0. The molecule has 0 aromatic rings. The van der Waals surface area contributed by atoms with Crippen molar-refractivity contribution in [3.8, 4) is 0 Å². The van der Waals surface area contributed by atoms with Crippen LogP contribution >= 0.6 is 0 Å². The molecule has 0 radical (unpaired) electrons. The molecule has 0 aromatic heterocycles. The lowest BCUT2D eigenvalue weighted by Gasteiger charge is -2.35. The molecule has 0 fully saturated rings. The maximum atomic E-state index is 13.0. The summed E-state index contributed by atoms with van der Waals surface area (Å²) in [6.45, 7) is 40.0. The third kappa shape index (κ3) is 101. The van der Waals surface area contributed by atoms with Gasteiger partial charge in [0.05, 0.1) is 0 Å². The Morgan fingerprint density at radius 2 is 0.760 bits per heavy atom. The number of aliphatic hydroxyl groups is 1. The molecule has 0 aliphatic carbocycles. The van der Waals surface area contributed by atoms with Crippen molar-refractivity contribution in [2.75, 3.05) is 20.1 Å². The third-order valence-electron chi connectivity index (χ3n) is 11.3. The summed E-state index contributed by atoms with van der Waals surface area (Å²) in [7, 11) is 2.12. The number of allylic oxidation sites excluding steroid dienone is 12. The van der Waals surface area contributed by atoms with Gasteiger partial charge in [0.2, 0.25) is 0 Å². The molecule has 75 heavy (non-hydrogen) atoms. The van der Waals surface area contributed by atoms with Crippen molar-refractivity contribution in [3.05, 3.63) is 72.9 Å². The lowest BCUT2D eigenvalue weighted by molar-refractivity contribution is -0.168. The van der Waals surface area contributed by atoms with Gasteiger partial charge >= 0.3 is 5.97 Å². The zero-order valence-corrected chi connectivity index (χ0v) is 55.4. The highest BCUT2D eigenvalue weighted by Crippen LogP contribution is 2.30. The molecule has 0 spiro atoms. The van der Waals surface area contributed by atoms with Crippen LogP contribution in [0.3, 0.4) is 0 Å². The van der Waals surface area contributed by atoms with Crippen LogP contribution in [0.25, 0.3) is 0 Å². The minimum Gasteiger partial charge on any atom is -0.459 e. The van der Waals surface area contributed by atoms with E-state index in [0.717, 1.165) is 77.3 Å². The summed E-state index contributed by atoms with van der Waals surface area (Å²) in [6, 6.07) is 0. The fourth-order valence-corrected chi connectivity index (χ4v) is 6.77. The van der Waals surface area contributed by atoms with Gasteiger partial charge in [0, 0.05) is 6.42 Å². The predicted molar refractivity (Wildman–Crippen MR) is 351 cm³/mol. The van der Waals surface area contributed by atoms with Crippen LogP contribution in [-0.2, 0) is 9.53 Å². The number of ether oxygens (including phenoxy) is 1. The molecule has 1 N–H and O–H groups in total. The van der Waals surface area contributed by atoms with E-state index in [1.807, 2.05) is 52.0 Å². The van der Waals surface area contributed by atoms with E-state index in [2.05, 4.69) is 157 Å². The van der Waals surface area contributed by atoms with Crippen molar-refractivity contribution in [2.45, 2.75) is 361 Å². The molecule has 0 amide bonds. The highest BCUT2D eigenvalue weighted by molar-refractivity contribution is 5.69. The SMILES string of the molecule is C/C=C\C.C/C=C\C.CCC.CCC.CCC.CCC.CCC.CCCCC/C=C\C/C=C\CCCCCCCCC(OC(=O)CCCCN(C)CC)C(O)(CC)CCCCCCCC/C=C\C/C=C\CCCCC. The maximum Gasteiger partial charge on any atom is 0.306 e. The Morgan fingerprint density at radius 1 is 0.440 bits per heavy atom. The quantitative estimate of drug-likeness (QED) is 0.0379. The highest BCUT2D eigenvalue weighted by atomic mass is 16.6. The molecule has 2 unspecified atom stereocenters. The van der Waals surface area contributed by atoms with Crippen LogP contribution in [0.1, 0.15) is 349 Å². The van der Waals surface area contributed by atoms with Gasteiger partial charge in [-0.1, -0.05) is 285 Å². The van der Waals surface area contributed by atoms with E-state index in [0.29, 0.717) is 12.8 Å². The first-order valence-corrected chi connectivity index (χ1v) is 32.7. The van der Waals surface area contributed by atoms with E-state index in [-0.39, 0.29) is 5.97 Å². The average Bonchev–Trinajstić information content (AvgIpc) is 3.40. The number of hydrogen-bond donors (Lipinski definition) is 1. The summed E-state index contributed by atoms with van der Waals surface area (Å²) in [5.74, 6) is -0.131. The van der Waals surface area contributed by atoms with Crippen LogP contribution in [-0.4, -0.2) is 47.8 Å². The second-order valence-corrected chi connectivity index (χ2v) is 20.4. The van der Waals surface area contributed by atoms with E-state index in [1.165, 1.54) is 148 Å². The molecule has 0 bridgehead atoms. The Balaban J connectivity index is -0.000000273. The van der Waals surface area contributed by atoms with Crippen LogP contribution < -0.4 is 0 Å². The van der Waals surface area contributed by atoms with Gasteiger partial charge in [-0.15, -0.1) is 0 Å². The summed E-state index contributed by atoms with van der Waals surface area (Å²) in [5.41, 5.74) is -0.926. The molecule has 0 aliphatic heterocycles. The number of rotatable bonds is 39. The Hall–Kier alpha value is -2.17. The Labute approximate surface area is 477 Å². The number of nitrogens with zero attached hydrogens (tertiary/aromatic N) is 1. The first-order valence-electron chi connectivity index (χ1n) is 32.7. The van der Waals surface area contributed by atoms with Gasteiger partial charge in [-0.2, -0.15) is 0 Å². The first-order chi connectivity index (χ1) is 36.3. The van der Waals surface area contributed by atoms with Crippen molar-refractivity contribution in [1.29, 1.82) is 0 Å². The monoisotopic (exact) mass is 1060 g/mol. The lowest BCUT2D eigenvalue weighted by Crippen LogP contribution is -2.44. The van der Waals surface area contributed by atoms with Gasteiger partial charge in [0.15, 0.2) is 0 Å². The van der Waals surface area contributed by atoms with E-state index >= 15 is 0 Å². The van der Waals surface area contributed by atoms with Gasteiger partial charge in [-0.3, -0.25) is 4.79 Å². The van der Waals surface area contributed by atoms with Crippen molar-refractivity contribution < 1.29 is 14.6 Å². The molecule has 452 valence electrons. The topological polar surface area (TPSA) is 49.8 Å². The molecule has 2 atom stereocenters. The van der Waals surface area contributed by atoms with Crippen molar-refractivity contribution in [3.63, 3.8) is 0 Å². The highest BCUT2D eigenvalue weighted by Gasteiger charge is 2.37. The molecule has 0 saturated carbocycles. The Morgan fingerprint density at radius 3 is 1.08 bits per heavy atom. The predicted octanol–water partition coefficient (Wildman–Crippen LogP) is 24.8. The van der Waals surface area contributed by atoms with Gasteiger partial charge in [0.1, 0.15) is 11.7 Å². The number of carbonyl (C=O) groups is 1. The molecule has 0 aliphatic rings. The summed E-state index contributed by atoms with van der Waals surface area (Å²) in [4.78, 5) is 15.2. The van der Waals surface area contributed by atoms with Crippen molar-refractivity contribution in [2.24, 2.45) is 0 Å². The first kappa shape index (κ1) is 89.4. The maximum absolute atomic E-state index is 13.0. The summed E-state index contributed by atoms with van der Waals surface area (Å²) >= 11 is 0. The van der Waals surface area contributed by atoms with Gasteiger partial charge in [0.25, 0.3) is 0 Å². The van der Waals surface area contributed by atoms with E-state index in [9.17, 15) is 9.90 Å². The van der Waals surface area contributed by atoms with Crippen LogP contribution in [0.5, 0.6) is 0 Å². The minimum absolute atomic E-state index is 0.131. The molecule has 4 nitrogen and oxygen atoms in total. The summed E-state index contributed by atoms with van der Waals surface area (Å²) < 4.78 is 6.12. The zero-order chi connectivity index (χ0) is 58.6. The average molecular weight is 1060 g/mol. The summed E-state index contributed by atoms with van der Waals surface area (Å²) in [6.07, 6.45) is 66.0. The van der Waals surface area contributed by atoms with Crippen LogP contribution in [0.2, 0.25) is 0 Å². The smallest absolute Gasteiger partial charge is 0.306 e. The zero-order valence-electron chi connectivity index (χ0n) is 55.4. The molecule has 0 aromatic carbocycles. The fraction of sp³-hybridized carbons (Fsp3) is 0.817. The van der Waals surface area contributed by atoms with E-state index < -0.39 is 11.7 Å². The Kier molecular flexibility index (Phi) is 109.